The van der Waals surface area contributed by atoms with Crippen LogP contribution in [0, 0.1) is 6.92 Å². The van der Waals surface area contributed by atoms with Crippen molar-refractivity contribution >= 4 is 21.6 Å². The predicted octanol–water partition coefficient (Wildman–Crippen LogP) is 1.63. The molecule has 8 heteroatoms. The third-order valence-electron chi connectivity index (χ3n) is 1.75. The zero-order chi connectivity index (χ0) is 11.8. The Morgan fingerprint density at radius 2 is 2.07 bits per heavy atom. The van der Waals surface area contributed by atoms with Crippen molar-refractivity contribution in [2.75, 3.05) is 0 Å². The molecule has 1 heterocycles. The second kappa shape index (κ2) is 3.99. The van der Waals surface area contributed by atoms with Crippen LogP contribution in [0.1, 0.15) is 17.6 Å². The molecule has 0 fully saturated rings. The molecule has 0 atom stereocenters. The van der Waals surface area contributed by atoms with Crippen LogP contribution < -0.4 is 5.14 Å². The summed E-state index contributed by atoms with van der Waals surface area (Å²) < 4.78 is 47.1. The standard InChI is InChI=1S/C7H7ClF2N2O2S/c1-3-5(15(11,13)14)4(7(9)10)2-12-6(3)8/h2,7H,1H3,(H2,11,13,14). The summed E-state index contributed by atoms with van der Waals surface area (Å²) in [5.41, 5.74) is -0.809. The summed E-state index contributed by atoms with van der Waals surface area (Å²) in [7, 11) is -4.24. The van der Waals surface area contributed by atoms with Crippen LogP contribution in [-0.4, -0.2) is 13.4 Å². The van der Waals surface area contributed by atoms with Crippen molar-refractivity contribution in [3.8, 4) is 0 Å². The van der Waals surface area contributed by atoms with Gasteiger partial charge in [0.25, 0.3) is 6.43 Å². The molecule has 0 aliphatic rings. The lowest BCUT2D eigenvalue weighted by Gasteiger charge is -2.10. The third kappa shape index (κ3) is 2.42. The molecule has 0 aliphatic carbocycles. The number of hydrogen-bond donors (Lipinski definition) is 1. The molecule has 0 bridgehead atoms. The number of nitrogens with zero attached hydrogens (tertiary/aromatic N) is 1. The Hall–Kier alpha value is -0.790. The molecule has 1 rings (SSSR count). The SMILES string of the molecule is Cc1c(Cl)ncc(C(F)F)c1S(N)(=O)=O. The van der Waals surface area contributed by atoms with Gasteiger partial charge in [-0.25, -0.2) is 27.3 Å². The summed E-state index contributed by atoms with van der Waals surface area (Å²) in [5, 5.41) is 4.65. The van der Waals surface area contributed by atoms with Crippen molar-refractivity contribution in [1.82, 2.24) is 4.98 Å². The molecule has 0 radical (unpaired) electrons. The van der Waals surface area contributed by atoms with E-state index >= 15 is 0 Å². The van der Waals surface area contributed by atoms with E-state index < -0.39 is 26.9 Å². The number of sulfonamides is 1. The van der Waals surface area contributed by atoms with E-state index in [1.807, 2.05) is 0 Å². The number of nitrogens with two attached hydrogens (primary N) is 1. The van der Waals surface area contributed by atoms with Gasteiger partial charge in [-0.2, -0.15) is 0 Å². The molecule has 0 unspecified atom stereocenters. The molecule has 1 aromatic heterocycles. The van der Waals surface area contributed by atoms with Crippen LogP contribution in [0.3, 0.4) is 0 Å². The summed E-state index contributed by atoms with van der Waals surface area (Å²) in [6.07, 6.45) is -2.26. The lowest BCUT2D eigenvalue weighted by Crippen LogP contribution is -2.17. The molecular weight excluding hydrogens is 250 g/mol. The van der Waals surface area contributed by atoms with Crippen molar-refractivity contribution < 1.29 is 17.2 Å². The first-order valence-corrected chi connectivity index (χ1v) is 5.63. The highest BCUT2D eigenvalue weighted by atomic mass is 35.5. The molecule has 1 aromatic rings. The fourth-order valence-electron chi connectivity index (χ4n) is 1.12. The minimum atomic E-state index is -4.24. The maximum atomic E-state index is 12.5. The summed E-state index contributed by atoms with van der Waals surface area (Å²) in [6, 6.07) is 0. The lowest BCUT2D eigenvalue weighted by atomic mass is 10.2. The van der Waals surface area contributed by atoms with E-state index in [2.05, 4.69) is 4.98 Å². The molecule has 15 heavy (non-hydrogen) atoms. The molecule has 0 saturated heterocycles. The fraction of sp³-hybridized carbons (Fsp3) is 0.286. The van der Waals surface area contributed by atoms with Gasteiger partial charge < -0.3 is 0 Å². The normalized spacial score (nSPS) is 12.1. The van der Waals surface area contributed by atoms with Crippen molar-refractivity contribution in [3.63, 3.8) is 0 Å². The van der Waals surface area contributed by atoms with Gasteiger partial charge >= 0.3 is 0 Å². The molecule has 0 aliphatic heterocycles. The number of alkyl halides is 2. The van der Waals surface area contributed by atoms with Gasteiger partial charge in [0.2, 0.25) is 10.0 Å². The van der Waals surface area contributed by atoms with Gasteiger partial charge in [-0.3, -0.25) is 0 Å². The van der Waals surface area contributed by atoms with E-state index in [-0.39, 0.29) is 10.7 Å². The van der Waals surface area contributed by atoms with Gasteiger partial charge in [-0.15, -0.1) is 0 Å². The van der Waals surface area contributed by atoms with Crippen LogP contribution in [0.15, 0.2) is 11.1 Å². The second-order valence-electron chi connectivity index (χ2n) is 2.80. The van der Waals surface area contributed by atoms with Gasteiger partial charge in [0.1, 0.15) is 5.15 Å². The topological polar surface area (TPSA) is 73.0 Å². The van der Waals surface area contributed by atoms with Crippen molar-refractivity contribution in [1.29, 1.82) is 0 Å². The summed E-state index contributed by atoms with van der Waals surface area (Å²) in [6.45, 7) is 1.26. The smallest absolute Gasteiger partial charge is 0.244 e. The Balaban J connectivity index is 3.65. The van der Waals surface area contributed by atoms with Crippen LogP contribution in [0.5, 0.6) is 0 Å². The molecule has 2 N–H and O–H groups in total. The number of hydrogen-bond acceptors (Lipinski definition) is 3. The average molecular weight is 257 g/mol. The number of halogens is 3. The highest BCUT2D eigenvalue weighted by Crippen LogP contribution is 2.30. The summed E-state index contributed by atoms with van der Waals surface area (Å²) >= 11 is 5.52. The Labute approximate surface area is 90.1 Å². The van der Waals surface area contributed by atoms with Crippen LogP contribution in [-0.2, 0) is 10.0 Å². The van der Waals surface area contributed by atoms with Crippen LogP contribution in [0.25, 0.3) is 0 Å². The zero-order valence-electron chi connectivity index (χ0n) is 7.54. The minimum absolute atomic E-state index is 0.0723. The number of pyridine rings is 1. The predicted molar refractivity (Wildman–Crippen MR) is 50.3 cm³/mol. The molecule has 0 spiro atoms. The van der Waals surface area contributed by atoms with E-state index in [0.717, 1.165) is 0 Å². The van der Waals surface area contributed by atoms with E-state index in [1.165, 1.54) is 6.92 Å². The van der Waals surface area contributed by atoms with Crippen LogP contribution >= 0.6 is 11.6 Å². The monoisotopic (exact) mass is 256 g/mol. The quantitative estimate of drug-likeness (QED) is 0.818. The Morgan fingerprint density at radius 1 is 1.53 bits per heavy atom. The van der Waals surface area contributed by atoms with Gasteiger partial charge in [0.15, 0.2) is 0 Å². The zero-order valence-corrected chi connectivity index (χ0v) is 9.11. The molecular formula is C7H7ClF2N2O2S. The number of rotatable bonds is 2. The first-order valence-electron chi connectivity index (χ1n) is 3.71. The molecule has 84 valence electrons. The number of primary sulfonamides is 1. The average Bonchev–Trinajstić information content (AvgIpc) is 2.06. The third-order valence-corrected chi connectivity index (χ3v) is 3.24. The summed E-state index contributed by atoms with van der Waals surface area (Å²) in [5.74, 6) is 0. The van der Waals surface area contributed by atoms with E-state index in [0.29, 0.717) is 6.20 Å². The Bertz CT molecular complexity index is 490. The van der Waals surface area contributed by atoms with E-state index in [4.69, 9.17) is 16.7 Å². The first-order chi connectivity index (χ1) is 6.75. The van der Waals surface area contributed by atoms with Gasteiger partial charge in [0, 0.05) is 11.8 Å². The maximum Gasteiger partial charge on any atom is 0.266 e. The Kier molecular flexibility index (Phi) is 3.27. The van der Waals surface area contributed by atoms with Crippen LogP contribution in [0.4, 0.5) is 8.78 Å². The molecule has 0 aromatic carbocycles. The highest BCUT2D eigenvalue weighted by Gasteiger charge is 2.24. The largest absolute Gasteiger partial charge is 0.266 e. The number of aromatic nitrogens is 1. The molecule has 4 nitrogen and oxygen atoms in total. The molecule has 0 amide bonds. The minimum Gasteiger partial charge on any atom is -0.244 e. The van der Waals surface area contributed by atoms with Gasteiger partial charge in [-0.05, 0) is 6.92 Å². The highest BCUT2D eigenvalue weighted by molar-refractivity contribution is 7.89. The van der Waals surface area contributed by atoms with Gasteiger partial charge in [-0.1, -0.05) is 11.6 Å². The van der Waals surface area contributed by atoms with Crippen LogP contribution in [0.2, 0.25) is 5.15 Å². The van der Waals surface area contributed by atoms with Gasteiger partial charge in [0.05, 0.1) is 10.5 Å². The second-order valence-corrected chi connectivity index (χ2v) is 4.66. The Morgan fingerprint density at radius 3 is 2.47 bits per heavy atom. The van der Waals surface area contributed by atoms with Crippen molar-refractivity contribution in [2.24, 2.45) is 5.14 Å². The fourth-order valence-corrected chi connectivity index (χ4v) is 2.32. The molecule has 0 saturated carbocycles. The van der Waals surface area contributed by atoms with E-state index in [1.54, 1.807) is 0 Å². The van der Waals surface area contributed by atoms with Crippen molar-refractivity contribution in [3.05, 3.63) is 22.5 Å². The maximum absolute atomic E-state index is 12.5. The van der Waals surface area contributed by atoms with Crippen molar-refractivity contribution in [2.45, 2.75) is 18.2 Å². The first kappa shape index (κ1) is 12.3. The van der Waals surface area contributed by atoms with E-state index in [9.17, 15) is 17.2 Å². The lowest BCUT2D eigenvalue weighted by molar-refractivity contribution is 0.147. The summed E-state index contributed by atoms with van der Waals surface area (Å²) in [4.78, 5) is 2.78.